The van der Waals surface area contributed by atoms with Crippen LogP contribution in [0.5, 0.6) is 0 Å². The van der Waals surface area contributed by atoms with Crippen LogP contribution in [0.2, 0.25) is 0 Å². The number of hydrogen-bond donors (Lipinski definition) is 0. The van der Waals surface area contributed by atoms with Gasteiger partial charge < -0.3 is 0 Å². The lowest BCUT2D eigenvalue weighted by Gasteiger charge is -2.33. The fourth-order valence-corrected chi connectivity index (χ4v) is 4.58. The first kappa shape index (κ1) is 16.5. The summed E-state index contributed by atoms with van der Waals surface area (Å²) in [4.78, 5) is 8.83. The molecule has 0 spiro atoms. The molecule has 8 heteroatoms. The zero-order valence-electron chi connectivity index (χ0n) is 13.2. The van der Waals surface area contributed by atoms with Gasteiger partial charge in [0.15, 0.2) is 0 Å². The Kier molecular flexibility index (Phi) is 4.77. The summed E-state index contributed by atoms with van der Waals surface area (Å²) in [5.74, 6) is 0.142. The summed E-state index contributed by atoms with van der Waals surface area (Å²) in [5.41, 5.74) is 1.95. The van der Waals surface area contributed by atoms with Crippen molar-refractivity contribution in [2.24, 2.45) is 0 Å². The minimum absolute atomic E-state index is 0.142. The molecule has 0 aromatic carbocycles. The van der Waals surface area contributed by atoms with Crippen LogP contribution in [-0.4, -0.2) is 54.2 Å². The standard InChI is InChI=1S/C15H20N4O2S2/c1-18(2)23(20,21)19-8-3-4-13(11-19)14-6-5-12(10-17-14)15-16-7-9-22-15/h5-7,9-10,13H,3-4,8,11H2,1-2H3/t13-/m1/s1. The zero-order valence-corrected chi connectivity index (χ0v) is 14.8. The molecule has 0 radical (unpaired) electrons. The predicted octanol–water partition coefficient (Wildman–Crippen LogP) is 2.19. The number of aromatic nitrogens is 2. The largest absolute Gasteiger partial charge is 0.281 e. The third kappa shape index (κ3) is 3.45. The van der Waals surface area contributed by atoms with E-state index in [4.69, 9.17) is 0 Å². The van der Waals surface area contributed by atoms with Crippen LogP contribution in [0.15, 0.2) is 29.9 Å². The zero-order chi connectivity index (χ0) is 16.4. The van der Waals surface area contributed by atoms with Gasteiger partial charge in [0.2, 0.25) is 0 Å². The highest BCUT2D eigenvalue weighted by Crippen LogP contribution is 2.29. The number of piperidine rings is 1. The molecule has 1 aliphatic rings. The van der Waals surface area contributed by atoms with Gasteiger partial charge in [0.1, 0.15) is 5.01 Å². The quantitative estimate of drug-likeness (QED) is 0.846. The maximum atomic E-state index is 12.3. The summed E-state index contributed by atoms with van der Waals surface area (Å²) in [6.45, 7) is 1.07. The molecule has 1 fully saturated rings. The summed E-state index contributed by atoms with van der Waals surface area (Å²) in [6, 6.07) is 4.01. The van der Waals surface area contributed by atoms with Crippen molar-refractivity contribution >= 4 is 21.5 Å². The Labute approximate surface area is 141 Å². The van der Waals surface area contributed by atoms with Crippen LogP contribution in [0.4, 0.5) is 0 Å². The highest BCUT2D eigenvalue weighted by atomic mass is 32.2. The molecule has 1 aliphatic heterocycles. The molecule has 0 amide bonds. The molecule has 0 N–H and O–H groups in total. The van der Waals surface area contributed by atoms with Crippen molar-refractivity contribution in [1.29, 1.82) is 0 Å². The molecule has 2 aromatic heterocycles. The van der Waals surface area contributed by atoms with Crippen LogP contribution in [-0.2, 0) is 10.2 Å². The molecule has 23 heavy (non-hydrogen) atoms. The summed E-state index contributed by atoms with van der Waals surface area (Å²) in [5, 5.41) is 2.89. The number of thiazole rings is 1. The van der Waals surface area contributed by atoms with Crippen molar-refractivity contribution in [1.82, 2.24) is 18.6 Å². The number of rotatable bonds is 4. The van der Waals surface area contributed by atoms with Gasteiger partial charge in [-0.2, -0.15) is 17.0 Å². The van der Waals surface area contributed by atoms with Crippen molar-refractivity contribution in [2.45, 2.75) is 18.8 Å². The molecule has 1 atom stereocenters. The van der Waals surface area contributed by atoms with Gasteiger partial charge in [-0.15, -0.1) is 11.3 Å². The normalized spacial score (nSPS) is 20.0. The smallest absolute Gasteiger partial charge is 0.260 e. The van der Waals surface area contributed by atoms with Crippen molar-refractivity contribution < 1.29 is 8.42 Å². The van der Waals surface area contributed by atoms with E-state index in [0.29, 0.717) is 13.1 Å². The van der Waals surface area contributed by atoms with E-state index in [2.05, 4.69) is 9.97 Å². The van der Waals surface area contributed by atoms with Gasteiger partial charge in [-0.05, 0) is 25.0 Å². The van der Waals surface area contributed by atoms with Crippen LogP contribution in [0.1, 0.15) is 24.5 Å². The second-order valence-corrected chi connectivity index (χ2v) is 8.83. The van der Waals surface area contributed by atoms with Gasteiger partial charge in [-0.3, -0.25) is 4.98 Å². The van der Waals surface area contributed by atoms with E-state index in [1.54, 1.807) is 35.9 Å². The fraction of sp³-hybridized carbons (Fsp3) is 0.467. The molecule has 124 valence electrons. The molecule has 0 saturated carbocycles. The second kappa shape index (κ2) is 6.64. The molecule has 0 unspecified atom stereocenters. The second-order valence-electron chi connectivity index (χ2n) is 5.80. The van der Waals surface area contributed by atoms with Gasteiger partial charge in [0.25, 0.3) is 10.2 Å². The SMILES string of the molecule is CN(C)S(=O)(=O)N1CCC[C@@H](c2ccc(-c3nccs3)cn2)C1. The Balaban J connectivity index is 1.77. The predicted molar refractivity (Wildman–Crippen MR) is 91.5 cm³/mol. The van der Waals surface area contributed by atoms with Gasteiger partial charge in [-0.25, -0.2) is 4.98 Å². The molecular weight excluding hydrogens is 332 g/mol. The lowest BCUT2D eigenvalue weighted by Crippen LogP contribution is -2.45. The molecule has 2 aromatic rings. The average molecular weight is 352 g/mol. The van der Waals surface area contributed by atoms with Crippen molar-refractivity contribution in [3.8, 4) is 10.6 Å². The third-order valence-corrected chi connectivity index (χ3v) is 6.79. The van der Waals surface area contributed by atoms with Crippen LogP contribution in [0.3, 0.4) is 0 Å². The number of hydrogen-bond acceptors (Lipinski definition) is 5. The van der Waals surface area contributed by atoms with E-state index in [1.165, 1.54) is 4.31 Å². The number of nitrogens with zero attached hydrogens (tertiary/aromatic N) is 4. The molecule has 3 rings (SSSR count). The first-order chi connectivity index (χ1) is 11.0. The van der Waals surface area contributed by atoms with Crippen molar-refractivity contribution in [3.63, 3.8) is 0 Å². The van der Waals surface area contributed by atoms with Crippen LogP contribution < -0.4 is 0 Å². The van der Waals surface area contributed by atoms with Gasteiger partial charge >= 0.3 is 0 Å². The molecule has 6 nitrogen and oxygen atoms in total. The first-order valence-electron chi connectivity index (χ1n) is 7.52. The van der Waals surface area contributed by atoms with E-state index >= 15 is 0 Å². The summed E-state index contributed by atoms with van der Waals surface area (Å²) in [7, 11) is -0.215. The van der Waals surface area contributed by atoms with E-state index in [0.717, 1.165) is 29.1 Å². The molecular formula is C15H20N4O2S2. The Morgan fingerprint density at radius 1 is 1.30 bits per heavy atom. The number of pyridine rings is 1. The maximum absolute atomic E-state index is 12.3. The Hall–Kier alpha value is -1.35. The van der Waals surface area contributed by atoms with E-state index in [1.807, 2.05) is 23.7 Å². The average Bonchev–Trinajstić information content (AvgIpc) is 3.09. The van der Waals surface area contributed by atoms with Gasteiger partial charge in [-0.1, -0.05) is 0 Å². The summed E-state index contributed by atoms with van der Waals surface area (Å²) in [6.07, 6.45) is 5.42. The molecule has 1 saturated heterocycles. The highest BCUT2D eigenvalue weighted by molar-refractivity contribution is 7.86. The van der Waals surface area contributed by atoms with Crippen molar-refractivity contribution in [2.75, 3.05) is 27.2 Å². The lowest BCUT2D eigenvalue weighted by atomic mass is 9.95. The lowest BCUT2D eigenvalue weighted by molar-refractivity contribution is 0.296. The van der Waals surface area contributed by atoms with Crippen LogP contribution >= 0.6 is 11.3 Å². The van der Waals surface area contributed by atoms with Gasteiger partial charge in [0, 0.05) is 62.1 Å². The van der Waals surface area contributed by atoms with E-state index in [-0.39, 0.29) is 5.92 Å². The van der Waals surface area contributed by atoms with Gasteiger partial charge in [0.05, 0.1) is 0 Å². The summed E-state index contributed by atoms with van der Waals surface area (Å²) >= 11 is 1.58. The monoisotopic (exact) mass is 352 g/mol. The highest BCUT2D eigenvalue weighted by Gasteiger charge is 2.31. The third-order valence-electron chi connectivity index (χ3n) is 4.06. The molecule has 0 aliphatic carbocycles. The Bertz CT molecular complexity index is 742. The minimum Gasteiger partial charge on any atom is -0.260 e. The molecule has 0 bridgehead atoms. The maximum Gasteiger partial charge on any atom is 0.281 e. The van der Waals surface area contributed by atoms with E-state index in [9.17, 15) is 8.42 Å². The topological polar surface area (TPSA) is 66.4 Å². The van der Waals surface area contributed by atoms with Crippen LogP contribution in [0.25, 0.3) is 10.6 Å². The van der Waals surface area contributed by atoms with Crippen LogP contribution in [0, 0.1) is 0 Å². The Morgan fingerprint density at radius 2 is 2.13 bits per heavy atom. The minimum atomic E-state index is -3.35. The summed E-state index contributed by atoms with van der Waals surface area (Å²) < 4.78 is 27.4. The molecule has 3 heterocycles. The van der Waals surface area contributed by atoms with E-state index < -0.39 is 10.2 Å². The first-order valence-corrected chi connectivity index (χ1v) is 9.79. The Morgan fingerprint density at radius 3 is 2.74 bits per heavy atom. The fourth-order valence-electron chi connectivity index (χ4n) is 2.76. The van der Waals surface area contributed by atoms with Crippen molar-refractivity contribution in [3.05, 3.63) is 35.6 Å².